The van der Waals surface area contributed by atoms with Crippen molar-refractivity contribution >= 4 is 10.8 Å². The van der Waals surface area contributed by atoms with Crippen molar-refractivity contribution in [3.05, 3.63) is 112 Å². The Morgan fingerprint density at radius 2 is 1.39 bits per heavy atom. The maximum absolute atomic E-state index is 15.1. The molecule has 1 nitrogen and oxygen atoms in total. The first-order valence-corrected chi connectivity index (χ1v) is 11.6. The fourth-order valence-electron chi connectivity index (χ4n) is 3.97. The number of hydrogen-bond acceptors (Lipinski definition) is 1. The monoisotopic (exact) mass is 494 g/mol. The minimum Gasteiger partial charge on any atom is -0.403 e. The molecule has 0 N–H and O–H groups in total. The van der Waals surface area contributed by atoms with Crippen LogP contribution in [0.1, 0.15) is 41.2 Å². The number of aryl methyl sites for hydroxylation is 3. The first kappa shape index (κ1) is 25.2. The summed E-state index contributed by atoms with van der Waals surface area (Å²) in [6.45, 7) is 2.16. The highest BCUT2D eigenvalue weighted by Crippen LogP contribution is 2.26. The zero-order valence-electron chi connectivity index (χ0n) is 19.6. The molecule has 0 aromatic heterocycles. The summed E-state index contributed by atoms with van der Waals surface area (Å²) in [5, 5.41) is 1.16. The third kappa shape index (κ3) is 6.42. The molecule has 0 spiro atoms. The van der Waals surface area contributed by atoms with Gasteiger partial charge in [0.25, 0.3) is 0 Å². The van der Waals surface area contributed by atoms with E-state index in [-0.39, 0.29) is 11.1 Å². The lowest BCUT2D eigenvalue weighted by Gasteiger charge is -2.09. The van der Waals surface area contributed by atoms with Gasteiger partial charge in [-0.05, 0) is 65.6 Å². The van der Waals surface area contributed by atoms with Gasteiger partial charge < -0.3 is 4.74 Å². The third-order valence-corrected chi connectivity index (χ3v) is 5.78. The van der Waals surface area contributed by atoms with Gasteiger partial charge in [0.2, 0.25) is 0 Å². The third-order valence-electron chi connectivity index (χ3n) is 5.78. The molecule has 0 fully saturated rings. The van der Waals surface area contributed by atoms with Gasteiger partial charge >= 0.3 is 6.36 Å². The zero-order chi connectivity index (χ0) is 25.7. The maximum Gasteiger partial charge on any atom is 0.573 e. The van der Waals surface area contributed by atoms with E-state index < -0.39 is 23.7 Å². The number of benzene rings is 4. The van der Waals surface area contributed by atoms with Crippen LogP contribution in [-0.4, -0.2) is 6.36 Å². The van der Waals surface area contributed by atoms with E-state index in [9.17, 15) is 17.6 Å². The average Bonchev–Trinajstić information content (AvgIpc) is 2.84. The fourth-order valence-corrected chi connectivity index (χ4v) is 3.97. The van der Waals surface area contributed by atoms with Crippen LogP contribution in [0.4, 0.5) is 22.0 Å². The van der Waals surface area contributed by atoms with E-state index in [1.165, 1.54) is 17.2 Å². The van der Waals surface area contributed by atoms with Crippen molar-refractivity contribution < 1.29 is 26.7 Å². The quantitative estimate of drug-likeness (QED) is 0.194. The van der Waals surface area contributed by atoms with Crippen molar-refractivity contribution in [2.24, 2.45) is 0 Å². The van der Waals surface area contributed by atoms with Gasteiger partial charge in [-0.1, -0.05) is 73.7 Å². The van der Waals surface area contributed by atoms with Gasteiger partial charge in [-0.25, -0.2) is 8.78 Å². The lowest BCUT2D eigenvalue weighted by Crippen LogP contribution is -2.17. The highest BCUT2D eigenvalue weighted by atomic mass is 19.4. The topological polar surface area (TPSA) is 9.23 Å². The second kappa shape index (κ2) is 10.8. The molecule has 0 aliphatic rings. The van der Waals surface area contributed by atoms with Crippen molar-refractivity contribution in [3.63, 3.8) is 0 Å². The Morgan fingerprint density at radius 3 is 2.06 bits per heavy atom. The van der Waals surface area contributed by atoms with Gasteiger partial charge in [0.05, 0.1) is 5.56 Å². The van der Waals surface area contributed by atoms with E-state index in [1.807, 2.05) is 12.1 Å². The Balaban J connectivity index is 1.48. The minimum absolute atomic E-state index is 0.0968. The lowest BCUT2D eigenvalue weighted by atomic mass is 9.98. The summed E-state index contributed by atoms with van der Waals surface area (Å²) in [6.07, 6.45) is -1.10. The Bertz CT molecular complexity index is 1430. The van der Waals surface area contributed by atoms with Gasteiger partial charge in [-0.2, -0.15) is 0 Å². The Hall–Kier alpha value is -3.85. The summed E-state index contributed by atoms with van der Waals surface area (Å²) in [5.41, 5.74) is 3.88. The summed E-state index contributed by atoms with van der Waals surface area (Å²) >= 11 is 0. The molecule has 0 saturated heterocycles. The Labute approximate surface area is 206 Å². The lowest BCUT2D eigenvalue weighted by molar-refractivity contribution is -0.275. The van der Waals surface area contributed by atoms with Gasteiger partial charge in [0.15, 0.2) is 11.6 Å². The van der Waals surface area contributed by atoms with Crippen molar-refractivity contribution in [1.82, 2.24) is 0 Å². The number of fused-ring (bicyclic) bond motifs is 1. The van der Waals surface area contributed by atoms with Crippen molar-refractivity contribution in [2.45, 2.75) is 39.0 Å². The van der Waals surface area contributed by atoms with Crippen LogP contribution >= 0.6 is 0 Å². The van der Waals surface area contributed by atoms with E-state index in [4.69, 9.17) is 0 Å². The SMILES string of the molecule is CCCc1ccc(CCc2ccc3c(F)c(C#Cc4ccc(OC(F)(F)F)c(F)c4)ccc3c2)cc1. The molecule has 6 heteroatoms. The number of alkyl halides is 3. The molecule has 184 valence electrons. The van der Waals surface area contributed by atoms with Crippen LogP contribution in [-0.2, 0) is 19.3 Å². The molecular weight excluding hydrogens is 471 g/mol. The van der Waals surface area contributed by atoms with Crippen LogP contribution in [0.5, 0.6) is 5.75 Å². The molecule has 0 aliphatic carbocycles. The highest BCUT2D eigenvalue weighted by molar-refractivity contribution is 5.85. The van der Waals surface area contributed by atoms with Gasteiger partial charge in [-0.15, -0.1) is 13.2 Å². The molecule has 0 bridgehead atoms. The molecule has 0 radical (unpaired) electrons. The first-order valence-electron chi connectivity index (χ1n) is 11.6. The largest absolute Gasteiger partial charge is 0.573 e. The summed E-state index contributed by atoms with van der Waals surface area (Å²) in [4.78, 5) is 0. The highest BCUT2D eigenvalue weighted by Gasteiger charge is 2.32. The number of hydrogen-bond donors (Lipinski definition) is 0. The van der Waals surface area contributed by atoms with E-state index in [0.717, 1.165) is 48.8 Å². The predicted molar refractivity (Wildman–Crippen MR) is 131 cm³/mol. The van der Waals surface area contributed by atoms with Crippen LogP contribution < -0.4 is 4.74 Å². The molecule has 36 heavy (non-hydrogen) atoms. The van der Waals surface area contributed by atoms with Gasteiger partial charge in [-0.3, -0.25) is 0 Å². The van der Waals surface area contributed by atoms with E-state index in [0.29, 0.717) is 5.39 Å². The molecule has 0 amide bonds. The van der Waals surface area contributed by atoms with Crippen LogP contribution in [0.3, 0.4) is 0 Å². The summed E-state index contributed by atoms with van der Waals surface area (Å²) in [5.74, 6) is 2.57. The van der Waals surface area contributed by atoms with Crippen molar-refractivity contribution in [2.75, 3.05) is 0 Å². The maximum atomic E-state index is 15.1. The Morgan fingerprint density at radius 1 is 0.722 bits per heavy atom. The predicted octanol–water partition coefficient (Wildman–Crippen LogP) is 8.15. The summed E-state index contributed by atoms with van der Waals surface area (Å²) in [6, 6.07) is 20.3. The molecular formula is C30H23F5O. The van der Waals surface area contributed by atoms with E-state index in [2.05, 4.69) is 47.8 Å². The van der Waals surface area contributed by atoms with Gasteiger partial charge in [0, 0.05) is 10.9 Å². The van der Waals surface area contributed by atoms with Crippen molar-refractivity contribution in [1.29, 1.82) is 0 Å². The van der Waals surface area contributed by atoms with Crippen LogP contribution in [0.2, 0.25) is 0 Å². The molecule has 4 rings (SSSR count). The second-order valence-corrected chi connectivity index (χ2v) is 8.49. The molecule has 4 aromatic rings. The van der Waals surface area contributed by atoms with Gasteiger partial charge in [0.1, 0.15) is 5.82 Å². The molecule has 4 aromatic carbocycles. The zero-order valence-corrected chi connectivity index (χ0v) is 19.6. The van der Waals surface area contributed by atoms with E-state index >= 15 is 4.39 Å². The second-order valence-electron chi connectivity index (χ2n) is 8.49. The normalized spacial score (nSPS) is 11.3. The number of ether oxygens (including phenoxy) is 1. The summed E-state index contributed by atoms with van der Waals surface area (Å²) in [7, 11) is 0. The van der Waals surface area contributed by atoms with Crippen LogP contribution in [0.15, 0.2) is 72.8 Å². The number of rotatable bonds is 6. The number of halogens is 5. The smallest absolute Gasteiger partial charge is 0.403 e. The average molecular weight is 495 g/mol. The summed E-state index contributed by atoms with van der Waals surface area (Å²) < 4.78 is 69.4. The fraction of sp³-hybridized carbons (Fsp3) is 0.200. The van der Waals surface area contributed by atoms with Crippen molar-refractivity contribution in [3.8, 4) is 17.6 Å². The minimum atomic E-state index is -5.00. The molecule has 0 unspecified atom stereocenters. The standard InChI is InChI=1S/C30H23F5O/c1-2-3-20-4-6-21(7-5-20)8-9-22-11-16-26-25(18-22)15-14-24(29(26)32)13-10-23-12-17-28(27(31)19-23)36-30(33,34)35/h4-7,11-12,14-19H,2-3,8-9H2,1H3. The van der Waals surface area contributed by atoms with E-state index in [1.54, 1.807) is 18.2 Å². The van der Waals surface area contributed by atoms with Crippen LogP contribution in [0, 0.1) is 23.5 Å². The molecule has 0 saturated carbocycles. The molecule has 0 aliphatic heterocycles. The molecule has 0 atom stereocenters. The molecule has 0 heterocycles. The Kier molecular flexibility index (Phi) is 7.59. The first-order chi connectivity index (χ1) is 17.2. The van der Waals surface area contributed by atoms with Crippen LogP contribution in [0.25, 0.3) is 10.8 Å².